The highest BCUT2D eigenvalue weighted by Crippen LogP contribution is 2.23. The lowest BCUT2D eigenvalue weighted by molar-refractivity contribution is 0.189. The molecular formula is C12H16ClFO. The Morgan fingerprint density at radius 3 is 2.53 bits per heavy atom. The van der Waals surface area contributed by atoms with E-state index in [0.717, 1.165) is 5.56 Å². The molecule has 0 bridgehead atoms. The van der Waals surface area contributed by atoms with Gasteiger partial charge in [0, 0.05) is 11.6 Å². The number of hydrogen-bond donors (Lipinski definition) is 1. The Morgan fingerprint density at radius 2 is 2.07 bits per heavy atom. The summed E-state index contributed by atoms with van der Waals surface area (Å²) in [6.45, 7) is 4.24. The van der Waals surface area contributed by atoms with Crippen molar-refractivity contribution in [3.8, 4) is 0 Å². The first-order valence-corrected chi connectivity index (χ1v) is 5.47. The van der Waals surface area contributed by atoms with Crippen LogP contribution in [0.5, 0.6) is 0 Å². The van der Waals surface area contributed by atoms with E-state index in [4.69, 9.17) is 11.6 Å². The summed E-state index contributed by atoms with van der Waals surface area (Å²) >= 11 is 5.91. The van der Waals surface area contributed by atoms with E-state index in [1.807, 2.05) is 0 Å². The maximum atomic E-state index is 12.8. The minimum atomic E-state index is -0.325. The monoisotopic (exact) mass is 230 g/mol. The smallest absolute Gasteiger partial charge is 0.124 e. The molecule has 1 N–H and O–H groups in total. The van der Waals surface area contributed by atoms with Crippen LogP contribution in [0, 0.1) is 17.7 Å². The van der Waals surface area contributed by atoms with Crippen LogP contribution in [0.25, 0.3) is 0 Å². The van der Waals surface area contributed by atoms with Crippen molar-refractivity contribution >= 4 is 11.6 Å². The summed E-state index contributed by atoms with van der Waals surface area (Å²) in [6.07, 6.45) is 0.688. The number of aliphatic hydroxyl groups is 1. The van der Waals surface area contributed by atoms with Gasteiger partial charge in [0.2, 0.25) is 0 Å². The number of benzene rings is 1. The quantitative estimate of drug-likeness (QED) is 0.842. The average molecular weight is 231 g/mol. The second-order valence-corrected chi connectivity index (χ2v) is 4.53. The molecule has 3 heteroatoms. The molecule has 1 aromatic rings. The zero-order valence-corrected chi connectivity index (χ0v) is 9.76. The molecule has 0 aliphatic heterocycles. The number of halogens is 2. The van der Waals surface area contributed by atoms with Crippen LogP contribution >= 0.6 is 11.6 Å². The van der Waals surface area contributed by atoms with Gasteiger partial charge < -0.3 is 5.11 Å². The van der Waals surface area contributed by atoms with Crippen LogP contribution in [0.3, 0.4) is 0 Å². The Hall–Kier alpha value is -0.600. The molecule has 0 spiro atoms. The molecule has 0 amide bonds. The van der Waals surface area contributed by atoms with E-state index in [9.17, 15) is 9.50 Å². The number of hydrogen-bond acceptors (Lipinski definition) is 1. The van der Waals surface area contributed by atoms with Crippen LogP contribution < -0.4 is 0 Å². The molecular weight excluding hydrogens is 215 g/mol. The fourth-order valence-corrected chi connectivity index (χ4v) is 1.73. The Kier molecular flexibility index (Phi) is 4.55. The van der Waals surface area contributed by atoms with Crippen molar-refractivity contribution in [2.45, 2.75) is 20.3 Å². The molecule has 1 atom stereocenters. The minimum Gasteiger partial charge on any atom is -0.396 e. The first-order valence-electron chi connectivity index (χ1n) is 5.09. The third-order valence-corrected chi connectivity index (χ3v) is 3.03. The molecule has 1 nitrogen and oxygen atoms in total. The summed E-state index contributed by atoms with van der Waals surface area (Å²) in [5.41, 5.74) is 0.894. The third kappa shape index (κ3) is 3.47. The van der Waals surface area contributed by atoms with Crippen molar-refractivity contribution in [2.75, 3.05) is 6.61 Å². The van der Waals surface area contributed by atoms with Crippen molar-refractivity contribution < 1.29 is 9.50 Å². The van der Waals surface area contributed by atoms with Gasteiger partial charge in [0.25, 0.3) is 0 Å². The van der Waals surface area contributed by atoms with Crippen molar-refractivity contribution in [1.29, 1.82) is 0 Å². The maximum Gasteiger partial charge on any atom is 0.124 e. The van der Waals surface area contributed by atoms with Crippen molar-refractivity contribution in [3.05, 3.63) is 34.6 Å². The van der Waals surface area contributed by atoms with E-state index in [0.29, 0.717) is 17.4 Å². The van der Waals surface area contributed by atoms with Gasteiger partial charge in [0.1, 0.15) is 5.82 Å². The average Bonchev–Trinajstić information content (AvgIpc) is 2.16. The van der Waals surface area contributed by atoms with Gasteiger partial charge in [-0.15, -0.1) is 0 Å². The summed E-state index contributed by atoms with van der Waals surface area (Å²) in [7, 11) is 0. The molecule has 0 aliphatic rings. The molecule has 1 rings (SSSR count). The van der Waals surface area contributed by atoms with Crippen LogP contribution in [-0.4, -0.2) is 11.7 Å². The normalized spacial score (nSPS) is 13.2. The topological polar surface area (TPSA) is 20.2 Å². The second kappa shape index (κ2) is 5.47. The lowest BCUT2D eigenvalue weighted by Crippen LogP contribution is -2.16. The van der Waals surface area contributed by atoms with Gasteiger partial charge in [-0.3, -0.25) is 0 Å². The minimum absolute atomic E-state index is 0.130. The highest BCUT2D eigenvalue weighted by atomic mass is 35.5. The van der Waals surface area contributed by atoms with Crippen LogP contribution in [-0.2, 0) is 6.42 Å². The van der Waals surface area contributed by atoms with Crippen molar-refractivity contribution in [3.63, 3.8) is 0 Å². The largest absolute Gasteiger partial charge is 0.396 e. The van der Waals surface area contributed by atoms with Crippen LogP contribution in [0.4, 0.5) is 4.39 Å². The molecule has 1 unspecified atom stereocenters. The predicted octanol–water partition coefficient (Wildman–Crippen LogP) is 3.29. The van der Waals surface area contributed by atoms with E-state index in [1.54, 1.807) is 6.07 Å². The lowest BCUT2D eigenvalue weighted by atomic mass is 9.90. The Bertz CT molecular complexity index is 325. The second-order valence-electron chi connectivity index (χ2n) is 4.13. The van der Waals surface area contributed by atoms with Crippen molar-refractivity contribution in [1.82, 2.24) is 0 Å². The third-order valence-electron chi connectivity index (χ3n) is 2.67. The molecule has 0 aliphatic carbocycles. The Morgan fingerprint density at radius 1 is 1.40 bits per heavy atom. The molecule has 0 heterocycles. The van der Waals surface area contributed by atoms with Crippen LogP contribution in [0.15, 0.2) is 18.2 Å². The SMILES string of the molecule is CC(C)C(CO)Cc1ccc(F)cc1Cl. The fourth-order valence-electron chi connectivity index (χ4n) is 1.48. The zero-order chi connectivity index (χ0) is 11.4. The molecule has 84 valence electrons. The van der Waals surface area contributed by atoms with Gasteiger partial charge in [0.15, 0.2) is 0 Å². The van der Waals surface area contributed by atoms with E-state index in [-0.39, 0.29) is 18.3 Å². The highest BCUT2D eigenvalue weighted by molar-refractivity contribution is 6.31. The summed E-state index contributed by atoms with van der Waals surface area (Å²) in [6, 6.07) is 4.39. The first-order chi connectivity index (χ1) is 7.04. The van der Waals surface area contributed by atoms with Gasteiger partial charge >= 0.3 is 0 Å². The fraction of sp³-hybridized carbons (Fsp3) is 0.500. The molecule has 0 radical (unpaired) electrons. The van der Waals surface area contributed by atoms with Gasteiger partial charge in [-0.1, -0.05) is 31.5 Å². The van der Waals surface area contributed by atoms with Gasteiger partial charge in [-0.05, 0) is 36.0 Å². The summed E-state index contributed by atoms with van der Waals surface area (Å²) in [5.74, 6) is 0.234. The first kappa shape index (κ1) is 12.5. The predicted molar refractivity (Wildman–Crippen MR) is 60.5 cm³/mol. The number of rotatable bonds is 4. The van der Waals surface area contributed by atoms with Gasteiger partial charge in [-0.25, -0.2) is 4.39 Å². The van der Waals surface area contributed by atoms with Crippen LogP contribution in [0.1, 0.15) is 19.4 Å². The molecule has 0 saturated heterocycles. The van der Waals surface area contributed by atoms with Crippen LogP contribution in [0.2, 0.25) is 5.02 Å². The summed E-state index contributed by atoms with van der Waals surface area (Å²) in [4.78, 5) is 0. The molecule has 0 aromatic heterocycles. The van der Waals surface area contributed by atoms with E-state index >= 15 is 0 Å². The molecule has 15 heavy (non-hydrogen) atoms. The van der Waals surface area contributed by atoms with Gasteiger partial charge in [-0.2, -0.15) is 0 Å². The summed E-state index contributed by atoms with van der Waals surface area (Å²) in [5, 5.41) is 9.63. The molecule has 0 fully saturated rings. The van der Waals surface area contributed by atoms with E-state index in [1.165, 1.54) is 12.1 Å². The van der Waals surface area contributed by atoms with E-state index in [2.05, 4.69) is 13.8 Å². The van der Waals surface area contributed by atoms with Crippen molar-refractivity contribution in [2.24, 2.45) is 11.8 Å². The van der Waals surface area contributed by atoms with E-state index < -0.39 is 0 Å². The number of aliphatic hydroxyl groups excluding tert-OH is 1. The molecule has 0 saturated carbocycles. The summed E-state index contributed by atoms with van der Waals surface area (Å²) < 4.78 is 12.8. The molecule has 1 aromatic carbocycles. The standard InChI is InChI=1S/C12H16ClFO/c1-8(2)10(7-15)5-9-3-4-11(14)6-12(9)13/h3-4,6,8,10,15H,5,7H2,1-2H3. The highest BCUT2D eigenvalue weighted by Gasteiger charge is 2.14. The lowest BCUT2D eigenvalue weighted by Gasteiger charge is -2.18. The van der Waals surface area contributed by atoms with Gasteiger partial charge in [0.05, 0.1) is 0 Å². The maximum absolute atomic E-state index is 12.8. The zero-order valence-electron chi connectivity index (χ0n) is 9.00. The Balaban J connectivity index is 2.79. The Labute approximate surface area is 94.9 Å².